The van der Waals surface area contributed by atoms with Crippen LogP contribution in [0.3, 0.4) is 0 Å². The summed E-state index contributed by atoms with van der Waals surface area (Å²) in [6, 6.07) is 14.6. The van der Waals surface area contributed by atoms with E-state index < -0.39 is 5.76 Å². The zero-order chi connectivity index (χ0) is 18.8. The molecule has 3 aromatic rings. The van der Waals surface area contributed by atoms with Gasteiger partial charge in [0.25, 0.3) is 0 Å². The number of fused-ring (bicyclic) bond motifs is 1. The lowest BCUT2D eigenvalue weighted by atomic mass is 9.97. The minimum atomic E-state index is -0.414. The number of nitrogens with zero attached hydrogens (tertiary/aromatic N) is 2. The number of halogens is 1. The summed E-state index contributed by atoms with van der Waals surface area (Å²) in [5.41, 5.74) is 1.98. The topological polar surface area (TPSA) is 67.5 Å². The molecule has 4 rings (SSSR count). The van der Waals surface area contributed by atoms with E-state index in [1.165, 1.54) is 0 Å². The van der Waals surface area contributed by atoms with Crippen LogP contribution in [0.4, 0.5) is 5.69 Å². The van der Waals surface area contributed by atoms with Gasteiger partial charge in [0.05, 0.1) is 18.1 Å². The largest absolute Gasteiger partial charge is 0.421 e. The summed E-state index contributed by atoms with van der Waals surface area (Å²) in [6.07, 6.45) is 1.75. The Kier molecular flexibility index (Phi) is 5.01. The summed E-state index contributed by atoms with van der Waals surface area (Å²) in [5.74, 6) is -0.507. The van der Waals surface area contributed by atoms with Crippen LogP contribution in [0.5, 0.6) is 0 Å². The van der Waals surface area contributed by atoms with E-state index in [0.717, 1.165) is 25.1 Å². The molecule has 1 aliphatic rings. The number of amides is 1. The molecule has 0 unspecified atom stereocenters. The summed E-state index contributed by atoms with van der Waals surface area (Å²) < 4.78 is 6.88. The molecular formula is C20H20ClN3O3. The molecule has 27 heavy (non-hydrogen) atoms. The van der Waals surface area contributed by atoms with Crippen LogP contribution in [-0.2, 0) is 11.5 Å². The van der Waals surface area contributed by atoms with Crippen molar-refractivity contribution in [3.8, 4) is 0 Å². The van der Waals surface area contributed by atoms with Crippen molar-refractivity contribution >= 4 is 34.3 Å². The van der Waals surface area contributed by atoms with Gasteiger partial charge in [-0.1, -0.05) is 29.8 Å². The Labute approximate surface area is 161 Å². The van der Waals surface area contributed by atoms with E-state index in [1.54, 1.807) is 22.8 Å². The van der Waals surface area contributed by atoms with E-state index in [-0.39, 0.29) is 11.8 Å². The highest BCUT2D eigenvalue weighted by molar-refractivity contribution is 6.31. The summed E-state index contributed by atoms with van der Waals surface area (Å²) in [7, 11) is 0. The Balaban J connectivity index is 1.47. The number of benzene rings is 2. The van der Waals surface area contributed by atoms with Gasteiger partial charge in [0.1, 0.15) is 0 Å². The van der Waals surface area contributed by atoms with Gasteiger partial charge >= 0.3 is 5.76 Å². The van der Waals surface area contributed by atoms with E-state index in [4.69, 9.17) is 16.0 Å². The maximum atomic E-state index is 12.6. The molecule has 2 heterocycles. The maximum absolute atomic E-state index is 12.6. The van der Waals surface area contributed by atoms with Gasteiger partial charge in [0, 0.05) is 23.3 Å². The van der Waals surface area contributed by atoms with Crippen molar-refractivity contribution in [3.63, 3.8) is 0 Å². The first-order chi connectivity index (χ1) is 13.1. The minimum absolute atomic E-state index is 0.0158. The van der Waals surface area contributed by atoms with Crippen LogP contribution in [0.15, 0.2) is 57.7 Å². The molecule has 1 N–H and O–H groups in total. The fourth-order valence-electron chi connectivity index (χ4n) is 3.54. The predicted molar refractivity (Wildman–Crippen MR) is 105 cm³/mol. The van der Waals surface area contributed by atoms with E-state index in [0.29, 0.717) is 29.3 Å². The number of hydrogen-bond acceptors (Lipinski definition) is 4. The SMILES string of the molecule is O=C(Nc1ccccc1)[C@@H]1CCCN(Cn2c(=O)oc3cc(Cl)ccc32)C1. The summed E-state index contributed by atoms with van der Waals surface area (Å²) in [5, 5.41) is 3.50. The third-order valence-corrected chi connectivity index (χ3v) is 5.12. The molecule has 1 atom stereocenters. The molecule has 1 fully saturated rings. The Morgan fingerprint density at radius 1 is 1.22 bits per heavy atom. The lowest BCUT2D eigenvalue weighted by Gasteiger charge is -2.31. The Morgan fingerprint density at radius 2 is 2.04 bits per heavy atom. The third kappa shape index (κ3) is 3.91. The fraction of sp³-hybridized carbons (Fsp3) is 0.300. The standard InChI is InChI=1S/C20H20ClN3O3/c21-15-8-9-17-18(11-15)27-20(26)24(17)13-23-10-4-5-14(12-23)19(25)22-16-6-2-1-3-7-16/h1-3,6-9,11,14H,4-5,10,12-13H2,(H,22,25)/t14-/m1/s1. The van der Waals surface area contributed by atoms with E-state index >= 15 is 0 Å². The van der Waals surface area contributed by atoms with Gasteiger partial charge in [0.2, 0.25) is 5.91 Å². The number of rotatable bonds is 4. The van der Waals surface area contributed by atoms with Crippen LogP contribution in [-0.4, -0.2) is 28.5 Å². The number of oxazole rings is 1. The number of aromatic nitrogens is 1. The fourth-order valence-corrected chi connectivity index (χ4v) is 3.70. The van der Waals surface area contributed by atoms with Crippen molar-refractivity contribution in [2.75, 3.05) is 18.4 Å². The molecule has 1 saturated heterocycles. The number of nitrogens with one attached hydrogen (secondary N) is 1. The lowest BCUT2D eigenvalue weighted by Crippen LogP contribution is -2.42. The summed E-state index contributed by atoms with van der Waals surface area (Å²) >= 11 is 5.97. The predicted octanol–water partition coefficient (Wildman–Crippen LogP) is 3.56. The molecule has 1 aliphatic heterocycles. The van der Waals surface area contributed by atoms with Gasteiger partial charge in [-0.2, -0.15) is 0 Å². The first-order valence-electron chi connectivity index (χ1n) is 8.97. The normalized spacial score (nSPS) is 17.9. The molecule has 7 heteroatoms. The highest BCUT2D eigenvalue weighted by atomic mass is 35.5. The zero-order valence-corrected chi connectivity index (χ0v) is 15.5. The number of anilines is 1. The molecule has 0 aliphatic carbocycles. The molecule has 0 spiro atoms. The van der Waals surface area contributed by atoms with E-state index in [9.17, 15) is 9.59 Å². The second-order valence-electron chi connectivity index (χ2n) is 6.82. The molecule has 1 aromatic heterocycles. The number of carbonyl (C=O) groups excluding carboxylic acids is 1. The van der Waals surface area contributed by atoms with Gasteiger partial charge in [-0.15, -0.1) is 0 Å². The number of carbonyl (C=O) groups is 1. The molecule has 0 radical (unpaired) electrons. The Bertz CT molecular complexity index is 1010. The number of hydrogen-bond donors (Lipinski definition) is 1. The first kappa shape index (κ1) is 17.8. The van der Waals surface area contributed by atoms with Crippen molar-refractivity contribution < 1.29 is 9.21 Å². The highest BCUT2D eigenvalue weighted by Crippen LogP contribution is 2.22. The van der Waals surface area contributed by atoms with Gasteiger partial charge in [-0.05, 0) is 43.7 Å². The van der Waals surface area contributed by atoms with Crippen LogP contribution >= 0.6 is 11.6 Å². The monoisotopic (exact) mass is 385 g/mol. The average Bonchev–Trinajstić information content (AvgIpc) is 2.97. The molecule has 0 bridgehead atoms. The van der Waals surface area contributed by atoms with Crippen LogP contribution in [0.1, 0.15) is 12.8 Å². The molecule has 6 nitrogen and oxygen atoms in total. The van der Waals surface area contributed by atoms with Crippen LogP contribution in [0.25, 0.3) is 11.1 Å². The van der Waals surface area contributed by atoms with Crippen molar-refractivity contribution in [2.45, 2.75) is 19.5 Å². The van der Waals surface area contributed by atoms with Crippen molar-refractivity contribution in [1.29, 1.82) is 0 Å². The Hall–Kier alpha value is -2.57. The maximum Gasteiger partial charge on any atom is 0.421 e. The zero-order valence-electron chi connectivity index (χ0n) is 14.7. The Morgan fingerprint density at radius 3 is 2.85 bits per heavy atom. The number of likely N-dealkylation sites (tertiary alicyclic amines) is 1. The quantitative estimate of drug-likeness (QED) is 0.745. The first-order valence-corrected chi connectivity index (χ1v) is 9.35. The van der Waals surface area contributed by atoms with Gasteiger partial charge in [-0.25, -0.2) is 4.79 Å². The minimum Gasteiger partial charge on any atom is -0.408 e. The van der Waals surface area contributed by atoms with Crippen molar-refractivity contribution in [2.24, 2.45) is 5.92 Å². The second kappa shape index (κ2) is 7.58. The van der Waals surface area contributed by atoms with Gasteiger partial charge in [-0.3, -0.25) is 14.3 Å². The highest BCUT2D eigenvalue weighted by Gasteiger charge is 2.26. The molecule has 140 valence electrons. The summed E-state index contributed by atoms with van der Waals surface area (Å²) in [6.45, 7) is 1.83. The number of piperidine rings is 1. The van der Waals surface area contributed by atoms with Crippen molar-refractivity contribution in [3.05, 3.63) is 64.1 Å². The van der Waals surface area contributed by atoms with Crippen LogP contribution in [0, 0.1) is 5.92 Å². The van der Waals surface area contributed by atoms with Crippen LogP contribution in [0.2, 0.25) is 5.02 Å². The van der Waals surface area contributed by atoms with E-state index in [1.807, 2.05) is 30.3 Å². The molecule has 2 aromatic carbocycles. The lowest BCUT2D eigenvalue weighted by molar-refractivity contribution is -0.121. The van der Waals surface area contributed by atoms with E-state index in [2.05, 4.69) is 10.2 Å². The molecular weight excluding hydrogens is 366 g/mol. The van der Waals surface area contributed by atoms with Crippen LogP contribution < -0.4 is 11.1 Å². The number of para-hydroxylation sites is 1. The summed E-state index contributed by atoms with van der Waals surface area (Å²) in [4.78, 5) is 26.9. The smallest absolute Gasteiger partial charge is 0.408 e. The average molecular weight is 386 g/mol. The molecule has 0 saturated carbocycles. The molecule has 1 amide bonds. The van der Waals surface area contributed by atoms with Gasteiger partial charge < -0.3 is 9.73 Å². The third-order valence-electron chi connectivity index (χ3n) is 4.89. The second-order valence-corrected chi connectivity index (χ2v) is 7.26. The van der Waals surface area contributed by atoms with Crippen molar-refractivity contribution in [1.82, 2.24) is 9.47 Å². The van der Waals surface area contributed by atoms with Gasteiger partial charge in [0.15, 0.2) is 5.58 Å².